The van der Waals surface area contributed by atoms with E-state index in [0.717, 1.165) is 31.9 Å². The lowest BCUT2D eigenvalue weighted by Gasteiger charge is -2.38. The van der Waals surface area contributed by atoms with Gasteiger partial charge in [0.25, 0.3) is 0 Å². The van der Waals surface area contributed by atoms with E-state index in [1.54, 1.807) is 0 Å². The number of nitrogen functional groups attached to an aromatic ring is 1. The van der Waals surface area contributed by atoms with Crippen molar-refractivity contribution in [1.82, 2.24) is 19.9 Å². The van der Waals surface area contributed by atoms with Crippen LogP contribution in [0.2, 0.25) is 0 Å². The van der Waals surface area contributed by atoms with Crippen molar-refractivity contribution in [1.29, 1.82) is 0 Å². The highest BCUT2D eigenvalue weighted by atomic mass is 19.1. The second-order valence-electron chi connectivity index (χ2n) is 6.42. The SMILES string of the molecule is C[C@H](c1nc(N)nc(N(C)C)n1)N1CCN(c2ccc(F)cc2)CC1. The number of piperazine rings is 1. The van der Waals surface area contributed by atoms with Gasteiger partial charge in [0.2, 0.25) is 11.9 Å². The van der Waals surface area contributed by atoms with Crippen LogP contribution < -0.4 is 15.5 Å². The molecule has 1 atom stereocenters. The van der Waals surface area contributed by atoms with Crippen molar-refractivity contribution < 1.29 is 4.39 Å². The zero-order chi connectivity index (χ0) is 18.0. The van der Waals surface area contributed by atoms with Gasteiger partial charge < -0.3 is 15.5 Å². The van der Waals surface area contributed by atoms with Crippen LogP contribution in [0.3, 0.4) is 0 Å². The van der Waals surface area contributed by atoms with Gasteiger partial charge in [-0.3, -0.25) is 4.90 Å². The third-order valence-electron chi connectivity index (χ3n) is 4.49. The summed E-state index contributed by atoms with van der Waals surface area (Å²) >= 11 is 0. The van der Waals surface area contributed by atoms with E-state index in [9.17, 15) is 4.39 Å². The molecule has 2 aromatic rings. The number of hydrogen-bond donors (Lipinski definition) is 1. The van der Waals surface area contributed by atoms with Gasteiger partial charge >= 0.3 is 0 Å². The Bertz CT molecular complexity index is 711. The maximum absolute atomic E-state index is 13.1. The largest absolute Gasteiger partial charge is 0.369 e. The van der Waals surface area contributed by atoms with E-state index in [0.29, 0.717) is 11.8 Å². The number of nitrogens with zero attached hydrogens (tertiary/aromatic N) is 6. The van der Waals surface area contributed by atoms with E-state index >= 15 is 0 Å². The molecule has 1 saturated heterocycles. The molecule has 25 heavy (non-hydrogen) atoms. The summed E-state index contributed by atoms with van der Waals surface area (Å²) in [4.78, 5) is 19.4. The van der Waals surface area contributed by atoms with E-state index in [-0.39, 0.29) is 17.8 Å². The molecule has 134 valence electrons. The standard InChI is InChI=1S/C17H24FN7/c1-12(15-20-16(19)22-17(21-15)23(2)3)24-8-10-25(11-9-24)14-6-4-13(18)5-7-14/h4-7,12H,8-11H2,1-3H3,(H2,19,20,21,22)/t12-/m1/s1. The average Bonchev–Trinajstić information content (AvgIpc) is 2.61. The van der Waals surface area contributed by atoms with E-state index in [1.165, 1.54) is 12.1 Å². The molecule has 0 saturated carbocycles. The fourth-order valence-electron chi connectivity index (χ4n) is 2.97. The van der Waals surface area contributed by atoms with E-state index < -0.39 is 0 Å². The van der Waals surface area contributed by atoms with Gasteiger partial charge in [0, 0.05) is 46.0 Å². The predicted octanol–water partition coefficient (Wildman–Crippen LogP) is 1.54. The zero-order valence-corrected chi connectivity index (χ0v) is 14.9. The summed E-state index contributed by atoms with van der Waals surface area (Å²) in [6, 6.07) is 6.70. The number of aromatic nitrogens is 3. The van der Waals surface area contributed by atoms with Gasteiger partial charge in [-0.05, 0) is 31.2 Å². The Morgan fingerprint density at radius 2 is 1.68 bits per heavy atom. The highest BCUT2D eigenvalue weighted by Crippen LogP contribution is 2.23. The molecule has 3 rings (SSSR count). The predicted molar refractivity (Wildman–Crippen MR) is 97.2 cm³/mol. The first-order valence-electron chi connectivity index (χ1n) is 8.37. The maximum atomic E-state index is 13.1. The van der Waals surface area contributed by atoms with E-state index in [1.807, 2.05) is 31.1 Å². The number of anilines is 3. The molecule has 2 N–H and O–H groups in total. The van der Waals surface area contributed by atoms with Crippen molar-refractivity contribution in [3.05, 3.63) is 35.9 Å². The van der Waals surface area contributed by atoms with Crippen LogP contribution in [0.5, 0.6) is 0 Å². The zero-order valence-electron chi connectivity index (χ0n) is 14.9. The minimum Gasteiger partial charge on any atom is -0.369 e. The lowest BCUT2D eigenvalue weighted by Crippen LogP contribution is -2.47. The Morgan fingerprint density at radius 1 is 1.04 bits per heavy atom. The number of hydrogen-bond acceptors (Lipinski definition) is 7. The molecule has 0 amide bonds. The van der Waals surface area contributed by atoms with E-state index in [4.69, 9.17) is 5.73 Å². The molecule has 8 heteroatoms. The summed E-state index contributed by atoms with van der Waals surface area (Å²) in [6.45, 7) is 5.58. The van der Waals surface area contributed by atoms with Gasteiger partial charge in [-0.25, -0.2) is 4.39 Å². The first kappa shape index (κ1) is 17.3. The van der Waals surface area contributed by atoms with Gasteiger partial charge in [0.15, 0.2) is 5.82 Å². The Balaban J connectivity index is 1.67. The molecular formula is C17H24FN7. The number of halogens is 1. The minimum absolute atomic E-state index is 0.0550. The first-order valence-corrected chi connectivity index (χ1v) is 8.37. The van der Waals surface area contributed by atoms with Gasteiger partial charge in [-0.2, -0.15) is 15.0 Å². The van der Waals surface area contributed by atoms with Crippen LogP contribution in [0.4, 0.5) is 22.0 Å². The molecule has 1 aliphatic rings. The van der Waals surface area contributed by atoms with Gasteiger partial charge in [-0.15, -0.1) is 0 Å². The van der Waals surface area contributed by atoms with Crippen molar-refractivity contribution in [2.75, 3.05) is 55.8 Å². The molecule has 0 aliphatic carbocycles. The Hall–Kier alpha value is -2.48. The normalized spacial score (nSPS) is 16.7. The fourth-order valence-corrected chi connectivity index (χ4v) is 2.97. The Morgan fingerprint density at radius 3 is 2.28 bits per heavy atom. The third kappa shape index (κ3) is 3.96. The molecular weight excluding hydrogens is 321 g/mol. The van der Waals surface area contributed by atoms with Crippen LogP contribution in [0.25, 0.3) is 0 Å². The second kappa shape index (κ2) is 7.18. The monoisotopic (exact) mass is 345 g/mol. The maximum Gasteiger partial charge on any atom is 0.229 e. The molecule has 0 spiro atoms. The highest BCUT2D eigenvalue weighted by molar-refractivity contribution is 5.46. The summed E-state index contributed by atoms with van der Waals surface area (Å²) in [6.07, 6.45) is 0. The Labute approximate surface area is 147 Å². The molecule has 1 fully saturated rings. The molecule has 1 aromatic carbocycles. The lowest BCUT2D eigenvalue weighted by atomic mass is 10.2. The summed E-state index contributed by atoms with van der Waals surface area (Å²) in [5.41, 5.74) is 6.88. The van der Waals surface area contributed by atoms with Crippen LogP contribution in [-0.2, 0) is 0 Å². The third-order valence-corrected chi connectivity index (χ3v) is 4.49. The Kier molecular flexibility index (Phi) is 4.98. The summed E-state index contributed by atoms with van der Waals surface area (Å²) in [5.74, 6) is 1.29. The molecule has 0 unspecified atom stereocenters. The van der Waals surface area contributed by atoms with Crippen molar-refractivity contribution in [2.45, 2.75) is 13.0 Å². The van der Waals surface area contributed by atoms with Crippen molar-refractivity contribution in [3.8, 4) is 0 Å². The summed E-state index contributed by atoms with van der Waals surface area (Å²) in [5, 5.41) is 0. The molecule has 2 heterocycles. The molecule has 0 radical (unpaired) electrons. The lowest BCUT2D eigenvalue weighted by molar-refractivity contribution is 0.191. The molecule has 7 nitrogen and oxygen atoms in total. The van der Waals surface area contributed by atoms with Crippen LogP contribution >= 0.6 is 0 Å². The topological polar surface area (TPSA) is 74.4 Å². The number of rotatable bonds is 4. The number of nitrogens with two attached hydrogens (primary N) is 1. The van der Waals surface area contributed by atoms with Crippen molar-refractivity contribution in [2.24, 2.45) is 0 Å². The second-order valence-corrected chi connectivity index (χ2v) is 6.42. The first-order chi connectivity index (χ1) is 11.9. The summed E-state index contributed by atoms with van der Waals surface area (Å²) < 4.78 is 13.1. The van der Waals surface area contributed by atoms with Gasteiger partial charge in [0.05, 0.1) is 6.04 Å². The molecule has 1 aromatic heterocycles. The van der Waals surface area contributed by atoms with Gasteiger partial charge in [0.1, 0.15) is 5.82 Å². The van der Waals surface area contributed by atoms with Gasteiger partial charge in [-0.1, -0.05) is 0 Å². The summed E-state index contributed by atoms with van der Waals surface area (Å²) in [7, 11) is 3.76. The minimum atomic E-state index is -0.208. The van der Waals surface area contributed by atoms with Crippen molar-refractivity contribution in [3.63, 3.8) is 0 Å². The van der Waals surface area contributed by atoms with Crippen LogP contribution in [0.1, 0.15) is 18.8 Å². The van der Waals surface area contributed by atoms with Crippen LogP contribution in [0.15, 0.2) is 24.3 Å². The smallest absolute Gasteiger partial charge is 0.229 e. The molecule has 0 bridgehead atoms. The molecule has 1 aliphatic heterocycles. The van der Waals surface area contributed by atoms with Crippen LogP contribution in [0, 0.1) is 5.82 Å². The van der Waals surface area contributed by atoms with Crippen LogP contribution in [-0.4, -0.2) is 60.1 Å². The fraction of sp³-hybridized carbons (Fsp3) is 0.471. The van der Waals surface area contributed by atoms with E-state index in [2.05, 4.69) is 31.7 Å². The van der Waals surface area contributed by atoms with Crippen molar-refractivity contribution >= 4 is 17.6 Å². The number of benzene rings is 1. The highest BCUT2D eigenvalue weighted by Gasteiger charge is 2.25. The average molecular weight is 345 g/mol. The quantitative estimate of drug-likeness (QED) is 0.901.